The molecule has 1 amide bonds. The molecule has 0 atom stereocenters. The van der Waals surface area contributed by atoms with E-state index in [1.165, 1.54) is 36.5 Å². The monoisotopic (exact) mass is 443 g/mol. The van der Waals surface area contributed by atoms with Crippen molar-refractivity contribution in [3.63, 3.8) is 0 Å². The highest BCUT2D eigenvalue weighted by Crippen LogP contribution is 2.18. The number of halogens is 1. The van der Waals surface area contributed by atoms with Crippen molar-refractivity contribution in [2.45, 2.75) is 17.7 Å². The number of nitrogens with one attached hydrogen (secondary N) is 2. The molecule has 2 N–H and O–H groups in total. The molecule has 154 valence electrons. The number of sulfonamides is 1. The smallest absolute Gasteiger partial charge is 0.263 e. The van der Waals surface area contributed by atoms with Crippen molar-refractivity contribution in [3.8, 4) is 0 Å². The van der Waals surface area contributed by atoms with Crippen LogP contribution in [0.2, 0.25) is 5.02 Å². The zero-order chi connectivity index (χ0) is 21.6. The first-order valence-corrected chi connectivity index (χ1v) is 10.8. The summed E-state index contributed by atoms with van der Waals surface area (Å²) >= 11 is 5.79. The third kappa shape index (κ3) is 5.88. The molecule has 1 heterocycles. The number of amides is 1. The van der Waals surface area contributed by atoms with Gasteiger partial charge in [-0.2, -0.15) is 0 Å². The fourth-order valence-corrected chi connectivity index (χ4v) is 3.70. The molecule has 1 aromatic heterocycles. The quantitative estimate of drug-likeness (QED) is 0.509. The summed E-state index contributed by atoms with van der Waals surface area (Å²) in [4.78, 5) is 28.2. The number of carbonyl (C=O) groups is 2. The molecular weight excluding hydrogens is 426 g/mol. The number of benzene rings is 2. The average Bonchev–Trinajstić information content (AvgIpc) is 2.73. The Balaban J connectivity index is 1.55. The summed E-state index contributed by atoms with van der Waals surface area (Å²) in [5.41, 5.74) is 0.915. The molecule has 0 radical (unpaired) electrons. The lowest BCUT2D eigenvalue weighted by Crippen LogP contribution is -2.15. The summed E-state index contributed by atoms with van der Waals surface area (Å²) in [5.74, 6) is -0.302. The van der Waals surface area contributed by atoms with Crippen LogP contribution in [0.4, 0.5) is 11.5 Å². The predicted molar refractivity (Wildman–Crippen MR) is 115 cm³/mol. The van der Waals surface area contributed by atoms with E-state index in [-0.39, 0.29) is 35.2 Å². The second-order valence-corrected chi connectivity index (χ2v) is 8.44. The SMILES string of the molecule is O=C(CCC(=O)c1ccc(Cl)cc1)Nc1ccc(S(=O)(=O)Nc2ccccn2)cc1. The normalized spacial score (nSPS) is 11.0. The third-order valence-corrected chi connectivity index (χ3v) is 5.72. The van der Waals surface area contributed by atoms with Gasteiger partial charge in [-0.25, -0.2) is 13.4 Å². The van der Waals surface area contributed by atoms with Gasteiger partial charge in [-0.05, 0) is 60.7 Å². The minimum atomic E-state index is -3.79. The van der Waals surface area contributed by atoms with Crippen LogP contribution in [0.15, 0.2) is 77.8 Å². The fraction of sp³-hybridized carbons (Fsp3) is 0.0952. The van der Waals surface area contributed by atoms with Crippen LogP contribution in [-0.2, 0) is 14.8 Å². The van der Waals surface area contributed by atoms with Crippen LogP contribution in [0.3, 0.4) is 0 Å². The second-order valence-electron chi connectivity index (χ2n) is 6.32. The van der Waals surface area contributed by atoms with Crippen molar-refractivity contribution in [1.82, 2.24) is 4.98 Å². The Labute approximate surface area is 179 Å². The molecule has 0 spiro atoms. The van der Waals surface area contributed by atoms with Gasteiger partial charge in [-0.1, -0.05) is 17.7 Å². The Morgan fingerprint density at radius 2 is 1.60 bits per heavy atom. The van der Waals surface area contributed by atoms with Gasteiger partial charge >= 0.3 is 0 Å². The summed E-state index contributed by atoms with van der Waals surface area (Å²) in [7, 11) is -3.79. The Morgan fingerprint density at radius 1 is 0.900 bits per heavy atom. The summed E-state index contributed by atoms with van der Waals surface area (Å²) in [6.45, 7) is 0. The van der Waals surface area contributed by atoms with E-state index in [1.807, 2.05) is 0 Å². The number of nitrogens with zero attached hydrogens (tertiary/aromatic N) is 1. The molecule has 7 nitrogen and oxygen atoms in total. The Bertz CT molecular complexity index is 1130. The molecule has 30 heavy (non-hydrogen) atoms. The number of ketones is 1. The molecule has 0 unspecified atom stereocenters. The summed E-state index contributed by atoms with van der Waals surface area (Å²) in [5, 5.41) is 3.18. The van der Waals surface area contributed by atoms with Gasteiger partial charge < -0.3 is 5.32 Å². The molecule has 0 aliphatic rings. The van der Waals surface area contributed by atoms with E-state index in [4.69, 9.17) is 11.6 Å². The Kier molecular flexibility index (Phi) is 6.81. The minimum absolute atomic E-state index is 0.00272. The molecule has 2 aromatic carbocycles. The lowest BCUT2D eigenvalue weighted by Gasteiger charge is -2.09. The van der Waals surface area contributed by atoms with E-state index >= 15 is 0 Å². The molecule has 0 fully saturated rings. The number of anilines is 2. The number of carbonyl (C=O) groups excluding carboxylic acids is 2. The largest absolute Gasteiger partial charge is 0.326 e. The van der Waals surface area contributed by atoms with Crippen LogP contribution in [0.1, 0.15) is 23.2 Å². The first-order valence-electron chi connectivity index (χ1n) is 8.96. The van der Waals surface area contributed by atoms with Crippen LogP contribution in [0.5, 0.6) is 0 Å². The molecule has 0 aliphatic carbocycles. The number of rotatable bonds is 8. The lowest BCUT2D eigenvalue weighted by atomic mass is 10.1. The zero-order valence-corrected chi connectivity index (χ0v) is 17.3. The van der Waals surface area contributed by atoms with Crippen LogP contribution in [0.25, 0.3) is 0 Å². The molecule has 0 saturated heterocycles. The maximum Gasteiger partial charge on any atom is 0.263 e. The van der Waals surface area contributed by atoms with Gasteiger partial charge in [0.25, 0.3) is 10.0 Å². The maximum atomic E-state index is 12.4. The topological polar surface area (TPSA) is 105 Å². The van der Waals surface area contributed by atoms with Gasteiger partial charge in [-0.3, -0.25) is 14.3 Å². The van der Waals surface area contributed by atoms with E-state index < -0.39 is 10.0 Å². The molecule has 9 heteroatoms. The number of hydrogen-bond donors (Lipinski definition) is 2. The minimum Gasteiger partial charge on any atom is -0.326 e. The van der Waals surface area contributed by atoms with Crippen molar-refractivity contribution in [2.24, 2.45) is 0 Å². The highest BCUT2D eigenvalue weighted by molar-refractivity contribution is 7.92. The lowest BCUT2D eigenvalue weighted by molar-refractivity contribution is -0.116. The van der Waals surface area contributed by atoms with E-state index in [9.17, 15) is 18.0 Å². The highest BCUT2D eigenvalue weighted by atomic mass is 35.5. The van der Waals surface area contributed by atoms with Crippen LogP contribution in [-0.4, -0.2) is 25.1 Å². The van der Waals surface area contributed by atoms with Crippen LogP contribution < -0.4 is 10.0 Å². The summed E-state index contributed by atoms with van der Waals surface area (Å²) in [6, 6.07) is 17.1. The van der Waals surface area contributed by atoms with E-state index in [0.717, 1.165) is 0 Å². The maximum absolute atomic E-state index is 12.4. The van der Waals surface area contributed by atoms with Gasteiger partial charge in [0.2, 0.25) is 5.91 Å². The first-order chi connectivity index (χ1) is 14.3. The second kappa shape index (κ2) is 9.51. The van der Waals surface area contributed by atoms with Crippen LogP contribution >= 0.6 is 11.6 Å². The van der Waals surface area contributed by atoms with Crippen molar-refractivity contribution < 1.29 is 18.0 Å². The number of Topliss-reactive ketones (excluding diaryl/α,β-unsaturated/α-hetero) is 1. The fourth-order valence-electron chi connectivity index (χ4n) is 2.57. The van der Waals surface area contributed by atoms with Gasteiger partial charge in [0.15, 0.2) is 5.78 Å². The van der Waals surface area contributed by atoms with Gasteiger partial charge in [0.1, 0.15) is 5.82 Å². The molecular formula is C21H18ClN3O4S. The Hall–Kier alpha value is -3.23. The van der Waals surface area contributed by atoms with Crippen molar-refractivity contribution in [3.05, 3.63) is 83.5 Å². The molecule has 0 aliphatic heterocycles. The average molecular weight is 444 g/mol. The van der Waals surface area contributed by atoms with E-state index in [2.05, 4.69) is 15.0 Å². The Morgan fingerprint density at radius 3 is 2.23 bits per heavy atom. The zero-order valence-electron chi connectivity index (χ0n) is 15.7. The number of hydrogen-bond acceptors (Lipinski definition) is 5. The molecule has 3 aromatic rings. The molecule has 0 bridgehead atoms. The van der Waals surface area contributed by atoms with E-state index in [1.54, 1.807) is 36.4 Å². The van der Waals surface area contributed by atoms with Crippen molar-refractivity contribution in [2.75, 3.05) is 10.0 Å². The van der Waals surface area contributed by atoms with Gasteiger partial charge in [-0.15, -0.1) is 0 Å². The van der Waals surface area contributed by atoms with Crippen molar-refractivity contribution in [1.29, 1.82) is 0 Å². The number of aromatic nitrogens is 1. The first kappa shape index (κ1) is 21.5. The standard InChI is InChI=1S/C21H18ClN3O4S/c22-16-6-4-15(5-7-16)19(26)12-13-21(27)24-17-8-10-18(11-9-17)30(28,29)25-20-3-1-2-14-23-20/h1-11,14H,12-13H2,(H,23,25)(H,24,27). The highest BCUT2D eigenvalue weighted by Gasteiger charge is 2.15. The predicted octanol–water partition coefficient (Wildman–Crippen LogP) is 4.14. The van der Waals surface area contributed by atoms with Crippen LogP contribution in [0, 0.1) is 0 Å². The van der Waals surface area contributed by atoms with Gasteiger partial charge in [0, 0.05) is 35.3 Å². The molecule has 3 rings (SSSR count). The summed E-state index contributed by atoms with van der Waals surface area (Å²) in [6.07, 6.45) is 1.53. The molecule has 0 saturated carbocycles. The summed E-state index contributed by atoms with van der Waals surface area (Å²) < 4.78 is 27.1. The van der Waals surface area contributed by atoms with Crippen molar-refractivity contribution >= 4 is 44.8 Å². The third-order valence-electron chi connectivity index (χ3n) is 4.10. The van der Waals surface area contributed by atoms with Gasteiger partial charge in [0.05, 0.1) is 4.90 Å². The number of pyridine rings is 1. The van der Waals surface area contributed by atoms with E-state index in [0.29, 0.717) is 16.3 Å².